The quantitative estimate of drug-likeness (QED) is 0.935. The number of rotatable bonds is 3. The van der Waals surface area contributed by atoms with Crippen LogP contribution in [0.2, 0.25) is 0 Å². The third kappa shape index (κ3) is 2.86. The van der Waals surface area contributed by atoms with Crippen LogP contribution in [0.25, 0.3) is 11.5 Å². The van der Waals surface area contributed by atoms with Gasteiger partial charge in [-0.3, -0.25) is 4.90 Å². The van der Waals surface area contributed by atoms with Gasteiger partial charge in [0.25, 0.3) is 5.89 Å². The lowest BCUT2D eigenvalue weighted by molar-refractivity contribution is -0.272. The minimum absolute atomic E-state index is 0.117. The summed E-state index contributed by atoms with van der Waals surface area (Å²) >= 11 is 0. The zero-order chi connectivity index (χ0) is 15.8. The van der Waals surface area contributed by atoms with Gasteiger partial charge in [0.05, 0.1) is 18.4 Å². The molecule has 3 heterocycles. The summed E-state index contributed by atoms with van der Waals surface area (Å²) in [4.78, 5) is 5.92. The van der Waals surface area contributed by atoms with E-state index in [0.717, 1.165) is 0 Å². The van der Waals surface area contributed by atoms with Crippen LogP contribution in [0.4, 0.5) is 13.2 Å². The topological polar surface area (TPSA) is 75.5 Å². The Morgan fingerprint density at radius 1 is 1.32 bits per heavy atom. The molecule has 0 radical (unpaired) electrons. The first-order valence-corrected chi connectivity index (χ1v) is 6.74. The van der Waals surface area contributed by atoms with Crippen LogP contribution >= 0.6 is 0 Å². The normalized spacial score (nSPS) is 19.5. The van der Waals surface area contributed by atoms with Crippen LogP contribution < -0.4 is 0 Å². The summed E-state index contributed by atoms with van der Waals surface area (Å²) in [7, 11) is 0. The number of furan rings is 1. The van der Waals surface area contributed by atoms with Gasteiger partial charge < -0.3 is 14.0 Å². The van der Waals surface area contributed by atoms with Crippen LogP contribution in [0, 0.1) is 0 Å². The maximum atomic E-state index is 12.7. The molecule has 0 spiro atoms. The van der Waals surface area contributed by atoms with E-state index in [0.29, 0.717) is 17.3 Å². The van der Waals surface area contributed by atoms with E-state index in [1.54, 1.807) is 11.0 Å². The Bertz CT molecular complexity index is 616. The summed E-state index contributed by atoms with van der Waals surface area (Å²) in [6.45, 7) is 0.506. The van der Waals surface area contributed by atoms with E-state index in [1.165, 1.54) is 12.5 Å². The number of aromatic nitrogens is 2. The molecule has 0 saturated carbocycles. The van der Waals surface area contributed by atoms with E-state index in [4.69, 9.17) is 8.94 Å². The second-order valence-electron chi connectivity index (χ2n) is 5.33. The summed E-state index contributed by atoms with van der Waals surface area (Å²) in [5, 5.41) is 13.4. The molecular formula is C13H14F3N3O3. The molecule has 0 aromatic carbocycles. The molecule has 0 atom stereocenters. The Balaban J connectivity index is 1.60. The number of alkyl halides is 3. The highest BCUT2D eigenvalue weighted by Gasteiger charge is 2.54. The number of aliphatic hydroxyl groups is 1. The Morgan fingerprint density at radius 3 is 2.64 bits per heavy atom. The first-order chi connectivity index (χ1) is 10.4. The molecule has 120 valence electrons. The Morgan fingerprint density at radius 2 is 2.05 bits per heavy atom. The van der Waals surface area contributed by atoms with Crippen molar-refractivity contribution in [3.05, 3.63) is 24.4 Å². The summed E-state index contributed by atoms with van der Waals surface area (Å²) in [6.07, 6.45) is -2.38. The number of nitrogens with zero attached hydrogens (tertiary/aromatic N) is 3. The summed E-state index contributed by atoms with van der Waals surface area (Å²) in [6, 6.07) is 1.67. The van der Waals surface area contributed by atoms with Crippen molar-refractivity contribution in [3.63, 3.8) is 0 Å². The van der Waals surface area contributed by atoms with Crippen LogP contribution in [0.1, 0.15) is 18.7 Å². The Hall–Kier alpha value is -1.87. The predicted molar refractivity (Wildman–Crippen MR) is 67.5 cm³/mol. The Kier molecular flexibility index (Phi) is 3.69. The van der Waals surface area contributed by atoms with Gasteiger partial charge in [0.15, 0.2) is 11.4 Å². The van der Waals surface area contributed by atoms with Crippen LogP contribution in [0.3, 0.4) is 0 Å². The molecule has 1 saturated heterocycles. The van der Waals surface area contributed by atoms with Crippen molar-refractivity contribution in [3.8, 4) is 11.5 Å². The summed E-state index contributed by atoms with van der Waals surface area (Å²) in [5.41, 5.74) is -1.95. The highest BCUT2D eigenvalue weighted by molar-refractivity contribution is 5.49. The first kappa shape index (κ1) is 15.0. The minimum atomic E-state index is -4.60. The van der Waals surface area contributed by atoms with Crippen molar-refractivity contribution in [2.45, 2.75) is 31.2 Å². The zero-order valence-corrected chi connectivity index (χ0v) is 11.5. The fraction of sp³-hybridized carbons (Fsp3) is 0.538. The fourth-order valence-corrected chi connectivity index (χ4v) is 2.39. The van der Waals surface area contributed by atoms with Crippen molar-refractivity contribution >= 4 is 0 Å². The van der Waals surface area contributed by atoms with Crippen LogP contribution in [0.5, 0.6) is 0 Å². The highest BCUT2D eigenvalue weighted by atomic mass is 19.4. The van der Waals surface area contributed by atoms with Gasteiger partial charge in [-0.15, -0.1) is 0 Å². The average Bonchev–Trinajstić information content (AvgIpc) is 3.11. The molecule has 0 bridgehead atoms. The maximum Gasteiger partial charge on any atom is 0.417 e. The third-order valence-corrected chi connectivity index (χ3v) is 3.81. The van der Waals surface area contributed by atoms with Crippen molar-refractivity contribution < 1.29 is 27.2 Å². The molecule has 3 rings (SSSR count). The zero-order valence-electron chi connectivity index (χ0n) is 11.5. The Labute approximate surface area is 123 Å². The van der Waals surface area contributed by atoms with Gasteiger partial charge >= 0.3 is 6.18 Å². The predicted octanol–water partition coefficient (Wildman–Crippen LogP) is 2.22. The molecule has 2 aromatic heterocycles. The van der Waals surface area contributed by atoms with E-state index < -0.39 is 11.8 Å². The molecule has 6 nitrogen and oxygen atoms in total. The van der Waals surface area contributed by atoms with Gasteiger partial charge in [-0.25, -0.2) is 0 Å². The van der Waals surface area contributed by atoms with Crippen LogP contribution in [-0.2, 0) is 6.54 Å². The lowest BCUT2D eigenvalue weighted by Gasteiger charge is -2.38. The van der Waals surface area contributed by atoms with Gasteiger partial charge in [-0.05, 0) is 18.9 Å². The maximum absolute atomic E-state index is 12.7. The molecular weight excluding hydrogens is 303 g/mol. The number of likely N-dealkylation sites (tertiary alicyclic amines) is 1. The van der Waals surface area contributed by atoms with Gasteiger partial charge in [-0.2, -0.15) is 18.2 Å². The molecule has 22 heavy (non-hydrogen) atoms. The van der Waals surface area contributed by atoms with Gasteiger partial charge in [0, 0.05) is 13.1 Å². The highest BCUT2D eigenvalue weighted by Crippen LogP contribution is 2.38. The average molecular weight is 317 g/mol. The molecule has 9 heteroatoms. The van der Waals surface area contributed by atoms with E-state index >= 15 is 0 Å². The summed E-state index contributed by atoms with van der Waals surface area (Å²) in [5.74, 6) is 0.682. The second-order valence-corrected chi connectivity index (χ2v) is 5.33. The molecule has 1 aliphatic rings. The lowest BCUT2D eigenvalue weighted by Crippen LogP contribution is -2.53. The lowest BCUT2D eigenvalue weighted by atomic mass is 9.91. The van der Waals surface area contributed by atoms with Crippen molar-refractivity contribution in [1.29, 1.82) is 0 Å². The van der Waals surface area contributed by atoms with E-state index in [2.05, 4.69) is 10.1 Å². The summed E-state index contributed by atoms with van der Waals surface area (Å²) < 4.78 is 48.1. The van der Waals surface area contributed by atoms with Crippen molar-refractivity contribution in [2.24, 2.45) is 0 Å². The van der Waals surface area contributed by atoms with Gasteiger partial charge in [0.2, 0.25) is 0 Å². The molecule has 1 N–H and O–H groups in total. The van der Waals surface area contributed by atoms with Gasteiger partial charge in [0.1, 0.15) is 6.26 Å². The number of hydrogen-bond acceptors (Lipinski definition) is 6. The molecule has 0 amide bonds. The van der Waals surface area contributed by atoms with Crippen LogP contribution in [0.15, 0.2) is 27.5 Å². The van der Waals surface area contributed by atoms with Crippen molar-refractivity contribution in [1.82, 2.24) is 15.0 Å². The first-order valence-electron chi connectivity index (χ1n) is 6.74. The van der Waals surface area contributed by atoms with Gasteiger partial charge in [-0.1, -0.05) is 5.16 Å². The minimum Gasteiger partial charge on any atom is -0.472 e. The van der Waals surface area contributed by atoms with E-state index in [-0.39, 0.29) is 32.5 Å². The molecule has 1 aliphatic heterocycles. The third-order valence-electron chi connectivity index (χ3n) is 3.81. The van der Waals surface area contributed by atoms with E-state index in [1.807, 2.05) is 0 Å². The SMILES string of the molecule is OC1(C(F)(F)F)CCN(Cc2noc(-c3ccoc3)n2)CC1. The molecule has 2 aromatic rings. The van der Waals surface area contributed by atoms with Crippen LogP contribution in [-0.4, -0.2) is 45.0 Å². The molecule has 1 fully saturated rings. The monoisotopic (exact) mass is 317 g/mol. The molecule has 0 aliphatic carbocycles. The number of hydrogen-bond donors (Lipinski definition) is 1. The largest absolute Gasteiger partial charge is 0.472 e. The smallest absolute Gasteiger partial charge is 0.417 e. The van der Waals surface area contributed by atoms with E-state index in [9.17, 15) is 18.3 Å². The fourth-order valence-electron chi connectivity index (χ4n) is 2.39. The standard InChI is InChI=1S/C13H14F3N3O3/c14-13(15,16)12(20)2-4-19(5-3-12)7-10-17-11(22-18-10)9-1-6-21-8-9/h1,6,8,20H,2-5,7H2. The second kappa shape index (κ2) is 5.40. The number of halogens is 3. The number of piperidine rings is 1. The van der Waals surface area contributed by atoms with Crippen molar-refractivity contribution in [2.75, 3.05) is 13.1 Å². The molecule has 0 unspecified atom stereocenters.